The van der Waals surface area contributed by atoms with Crippen LogP contribution in [0.3, 0.4) is 0 Å². The second-order valence-corrected chi connectivity index (χ2v) is 9.39. The van der Waals surface area contributed by atoms with Gasteiger partial charge in [0.15, 0.2) is 24.2 Å². The maximum absolute atomic E-state index is 13.9. The van der Waals surface area contributed by atoms with Gasteiger partial charge in [0.05, 0.1) is 10.6 Å². The van der Waals surface area contributed by atoms with Gasteiger partial charge in [-0.05, 0) is 32.0 Å². The Hall–Kier alpha value is -3.15. The topological polar surface area (TPSA) is 90.5 Å². The van der Waals surface area contributed by atoms with Crippen molar-refractivity contribution in [3.05, 3.63) is 70.8 Å². The third-order valence-electron chi connectivity index (χ3n) is 5.29. The van der Waals surface area contributed by atoms with Gasteiger partial charge in [0.2, 0.25) is 0 Å². The number of halogens is 5. The predicted octanol–water partition coefficient (Wildman–Crippen LogP) is 5.96. The van der Waals surface area contributed by atoms with Crippen LogP contribution in [0.4, 0.5) is 28.2 Å². The molecule has 37 heavy (non-hydrogen) atoms. The summed E-state index contributed by atoms with van der Waals surface area (Å²) in [6.45, 7) is 1.67. The van der Waals surface area contributed by atoms with Gasteiger partial charge in [-0.3, -0.25) is 5.32 Å². The number of alkyl halides is 2. The van der Waals surface area contributed by atoms with Crippen molar-refractivity contribution >= 4 is 23.5 Å². The average Bonchev–Trinajstić information content (AvgIpc) is 3.26. The molecular weight excluding hydrogens is 518 g/mol. The Kier molecular flexibility index (Phi) is 9.52. The van der Waals surface area contributed by atoms with Crippen LogP contribution in [0, 0.1) is 11.6 Å². The summed E-state index contributed by atoms with van der Waals surface area (Å²) in [5, 5.41) is 16.2. The molecule has 0 saturated heterocycles. The molecule has 1 aromatic heterocycles. The van der Waals surface area contributed by atoms with Crippen molar-refractivity contribution in [2.24, 2.45) is 0 Å². The summed E-state index contributed by atoms with van der Waals surface area (Å²) in [4.78, 5) is 13.7. The van der Waals surface area contributed by atoms with E-state index in [4.69, 9.17) is 20.9 Å². The van der Waals surface area contributed by atoms with Gasteiger partial charge in [0.1, 0.15) is 24.8 Å². The summed E-state index contributed by atoms with van der Waals surface area (Å²) >= 11 is 6.01. The minimum absolute atomic E-state index is 0.0146. The van der Waals surface area contributed by atoms with Crippen LogP contribution in [0.2, 0.25) is 5.02 Å². The number of hydrogen-bond donors (Lipinski definition) is 2. The molecule has 12 heteroatoms. The molecule has 0 aliphatic carbocycles. The van der Waals surface area contributed by atoms with E-state index in [0.717, 1.165) is 6.07 Å². The van der Waals surface area contributed by atoms with Crippen LogP contribution in [-0.4, -0.2) is 47.6 Å². The van der Waals surface area contributed by atoms with Crippen molar-refractivity contribution in [1.82, 2.24) is 10.1 Å². The number of anilines is 1. The van der Waals surface area contributed by atoms with E-state index in [1.807, 2.05) is 0 Å². The summed E-state index contributed by atoms with van der Waals surface area (Å²) in [6, 6.07) is 10.1. The van der Waals surface area contributed by atoms with E-state index in [9.17, 15) is 27.5 Å². The van der Waals surface area contributed by atoms with Crippen LogP contribution in [0.5, 0.6) is 0 Å². The highest BCUT2D eigenvalue weighted by Crippen LogP contribution is 2.25. The molecule has 199 valence electrons. The molecule has 2 N–H and O–H groups in total. The molecule has 3 aromatic rings. The first-order chi connectivity index (χ1) is 17.4. The molecule has 1 heterocycles. The van der Waals surface area contributed by atoms with Gasteiger partial charge in [-0.25, -0.2) is 22.4 Å². The first-order valence-corrected chi connectivity index (χ1v) is 11.6. The van der Waals surface area contributed by atoms with Crippen molar-refractivity contribution < 1.29 is 36.7 Å². The van der Waals surface area contributed by atoms with E-state index in [0.29, 0.717) is 5.56 Å². The van der Waals surface area contributed by atoms with Gasteiger partial charge in [-0.2, -0.15) is 4.90 Å². The zero-order valence-electron chi connectivity index (χ0n) is 20.1. The lowest BCUT2D eigenvalue weighted by Crippen LogP contribution is -2.49. The predicted molar refractivity (Wildman–Crippen MR) is 130 cm³/mol. The number of hydrogen-bond acceptors (Lipinski definition) is 6. The van der Waals surface area contributed by atoms with Gasteiger partial charge >= 0.3 is 6.09 Å². The average molecular weight is 544 g/mol. The zero-order chi connectivity index (χ0) is 27.2. The van der Waals surface area contributed by atoms with Crippen molar-refractivity contribution in [2.75, 3.05) is 18.5 Å². The molecule has 1 amide bonds. The summed E-state index contributed by atoms with van der Waals surface area (Å²) in [7, 11) is 0. The maximum atomic E-state index is 13.9. The van der Waals surface area contributed by atoms with Crippen LogP contribution in [0.15, 0.2) is 53.1 Å². The van der Waals surface area contributed by atoms with E-state index in [1.165, 1.54) is 55.1 Å². The lowest BCUT2D eigenvalue weighted by Gasteiger charge is -2.27. The van der Waals surface area contributed by atoms with Gasteiger partial charge in [-0.15, -0.1) is 0 Å². The summed E-state index contributed by atoms with van der Waals surface area (Å²) in [6.07, 6.45) is -3.77. The Bertz CT molecular complexity index is 1200. The smallest absolute Gasteiger partial charge is 0.413 e. The number of carbonyl (C=O) groups is 1. The molecule has 0 aliphatic rings. The molecule has 0 aliphatic heterocycles. The summed E-state index contributed by atoms with van der Waals surface area (Å²) in [5.41, 5.74) is -0.638. The molecule has 0 spiro atoms. The van der Waals surface area contributed by atoms with Crippen LogP contribution >= 0.6 is 11.6 Å². The highest BCUT2D eigenvalue weighted by molar-refractivity contribution is 6.31. The van der Waals surface area contributed by atoms with Crippen molar-refractivity contribution in [1.29, 1.82) is 0 Å². The highest BCUT2D eigenvalue weighted by Gasteiger charge is 2.37. The Morgan fingerprint density at radius 2 is 1.95 bits per heavy atom. The first-order valence-electron chi connectivity index (χ1n) is 11.2. The molecule has 0 saturated carbocycles. The number of benzene rings is 2. The first kappa shape index (κ1) is 28.4. The Morgan fingerprint density at radius 1 is 1.22 bits per heavy atom. The molecule has 3 rings (SSSR count). The Balaban J connectivity index is 1.71. The van der Waals surface area contributed by atoms with E-state index in [-0.39, 0.29) is 41.7 Å². The fourth-order valence-corrected chi connectivity index (χ4v) is 3.89. The fraction of sp³-hybridized carbons (Fsp3) is 0.360. The number of amides is 1. The van der Waals surface area contributed by atoms with Gasteiger partial charge in [-0.1, -0.05) is 41.0 Å². The van der Waals surface area contributed by atoms with E-state index in [1.54, 1.807) is 6.07 Å². The van der Waals surface area contributed by atoms with E-state index in [2.05, 4.69) is 10.5 Å². The minimum Gasteiger partial charge on any atom is -0.443 e. The zero-order valence-corrected chi connectivity index (χ0v) is 20.8. The molecule has 0 bridgehead atoms. The number of ether oxygens (including phenoxy) is 1. The van der Waals surface area contributed by atoms with Crippen LogP contribution in [-0.2, 0) is 11.3 Å². The fourth-order valence-electron chi connectivity index (χ4n) is 3.70. The summed E-state index contributed by atoms with van der Waals surface area (Å²) in [5.74, 6) is -0.992. The second-order valence-electron chi connectivity index (χ2n) is 9.01. The number of nitrogens with one attached hydrogen (secondary N) is 1. The quantitative estimate of drug-likeness (QED) is 0.230. The maximum Gasteiger partial charge on any atom is 0.413 e. The third kappa shape index (κ3) is 8.73. The number of aliphatic hydroxyl groups is 1. The van der Waals surface area contributed by atoms with Crippen LogP contribution in [0.1, 0.15) is 25.8 Å². The Labute approximate surface area is 216 Å². The molecule has 0 unspecified atom stereocenters. The third-order valence-corrected chi connectivity index (χ3v) is 5.71. The van der Waals surface area contributed by atoms with E-state index < -0.39 is 42.3 Å². The minimum atomic E-state index is -2.76. The highest BCUT2D eigenvalue weighted by atomic mass is 35.5. The van der Waals surface area contributed by atoms with E-state index >= 15 is 0 Å². The largest absolute Gasteiger partial charge is 0.443 e. The number of carbonyl (C=O) groups excluding carboxylic acids is 1. The standard InChI is InChI=1S/C25H26ClF4N3O4/c1-25(2,35)11-18(33(13-21(29)30)12-16-6-4-8-19(28)23(16)26)14-36-24(34)31-22-10-20(37-32-22)15-5-3-7-17(27)9-15/h3-10,18,21,35H,11-14H2,1-2H3,(H,31,32,34)/q+1/t18-/m0/s1. The van der Waals surface area contributed by atoms with Crippen LogP contribution < -0.4 is 10.2 Å². The Morgan fingerprint density at radius 3 is 2.62 bits per heavy atom. The molecule has 1 atom stereocenters. The number of nitrogens with zero attached hydrogens (tertiary/aromatic N) is 2. The molecular formula is C25H26ClF4N3O4+. The van der Waals surface area contributed by atoms with Crippen molar-refractivity contribution in [2.45, 2.75) is 44.9 Å². The van der Waals surface area contributed by atoms with Crippen LogP contribution in [0.25, 0.3) is 11.3 Å². The molecule has 2 aromatic carbocycles. The van der Waals surface area contributed by atoms with Gasteiger partial charge in [0.25, 0.3) is 6.43 Å². The lowest BCUT2D eigenvalue weighted by molar-refractivity contribution is 0.0202. The number of rotatable bonds is 11. The normalized spacial score (nSPS) is 12.7. The molecule has 7 nitrogen and oxygen atoms in total. The molecule has 0 fully saturated rings. The van der Waals surface area contributed by atoms with Gasteiger partial charge in [0, 0.05) is 23.6 Å². The second kappa shape index (κ2) is 12.4. The lowest BCUT2D eigenvalue weighted by atomic mass is 9.98. The monoisotopic (exact) mass is 543 g/mol. The summed E-state index contributed by atoms with van der Waals surface area (Å²) < 4.78 is 64.6. The van der Waals surface area contributed by atoms with Crippen molar-refractivity contribution in [3.63, 3.8) is 0 Å². The number of aromatic nitrogens is 1. The van der Waals surface area contributed by atoms with Crippen molar-refractivity contribution in [3.8, 4) is 11.3 Å². The SMILES string of the molecule is CC(C)(O)C[C@@H](COC(=O)Nc1cc(-c2cccc(F)c2)on1)[N+](Cc1cccc(F)c1Cl)CC(F)F. The molecule has 1 radical (unpaired) electrons. The van der Waals surface area contributed by atoms with Gasteiger partial charge < -0.3 is 14.4 Å².